The maximum atomic E-state index is 9.35. The van der Waals surface area contributed by atoms with Crippen LogP contribution in [0.4, 0.5) is 5.82 Å². The third-order valence-corrected chi connectivity index (χ3v) is 2.10. The maximum absolute atomic E-state index is 9.35. The van der Waals surface area contributed by atoms with Gasteiger partial charge in [-0.2, -0.15) is 0 Å². The summed E-state index contributed by atoms with van der Waals surface area (Å²) >= 11 is 0. The van der Waals surface area contributed by atoms with Crippen LogP contribution >= 0.6 is 0 Å². The Morgan fingerprint density at radius 3 is 3.38 bits per heavy atom. The number of H-pyrrole nitrogens is 1. The number of rotatable bonds is 5. The zero-order valence-electron chi connectivity index (χ0n) is 13.4. The van der Waals surface area contributed by atoms with Gasteiger partial charge in [-0.1, -0.05) is 6.85 Å². The van der Waals surface area contributed by atoms with E-state index in [1.165, 1.54) is 12.7 Å². The van der Waals surface area contributed by atoms with Crippen molar-refractivity contribution in [1.29, 1.82) is 0 Å². The lowest BCUT2D eigenvalue weighted by atomic mass is 10.1. The number of nitrogens with one attached hydrogen (secondary N) is 2. The standard InChI is InChI=1S/C10H15N5O/c1-7(4-16)2-3-11-9-8-10(13-5-12-8)15-6-14-9/h5-7,16H,2-4H2,1H3,(H2,11,12,13,14,15)/i1D3,4D2. The summed E-state index contributed by atoms with van der Waals surface area (Å²) in [4.78, 5) is 14.8. The molecule has 0 aliphatic carbocycles. The molecule has 0 bridgehead atoms. The number of aromatic nitrogens is 4. The molecule has 0 radical (unpaired) electrons. The molecule has 0 aliphatic rings. The topological polar surface area (TPSA) is 86.7 Å². The van der Waals surface area contributed by atoms with Gasteiger partial charge in [-0.25, -0.2) is 15.0 Å². The van der Waals surface area contributed by atoms with E-state index >= 15 is 0 Å². The molecule has 6 nitrogen and oxygen atoms in total. The van der Waals surface area contributed by atoms with Crippen LogP contribution in [0.2, 0.25) is 0 Å². The largest absolute Gasteiger partial charge is 0.396 e. The second kappa shape index (κ2) is 4.89. The van der Waals surface area contributed by atoms with Crippen molar-refractivity contribution in [2.75, 3.05) is 18.4 Å². The molecule has 0 saturated heterocycles. The number of hydrogen-bond acceptors (Lipinski definition) is 5. The highest BCUT2D eigenvalue weighted by Crippen LogP contribution is 2.14. The quantitative estimate of drug-likeness (QED) is 0.701. The van der Waals surface area contributed by atoms with Crippen molar-refractivity contribution in [3.63, 3.8) is 0 Å². The molecule has 0 fully saturated rings. The van der Waals surface area contributed by atoms with Gasteiger partial charge in [0.15, 0.2) is 11.5 Å². The Bertz CT molecular complexity index is 594. The molecule has 2 aromatic rings. The van der Waals surface area contributed by atoms with Crippen molar-refractivity contribution in [1.82, 2.24) is 19.9 Å². The minimum Gasteiger partial charge on any atom is -0.396 e. The summed E-state index contributed by atoms with van der Waals surface area (Å²) in [6.07, 6.45) is 2.69. The van der Waals surface area contributed by atoms with Gasteiger partial charge < -0.3 is 15.4 Å². The average molecular weight is 226 g/mol. The Balaban J connectivity index is 2.04. The summed E-state index contributed by atoms with van der Waals surface area (Å²) in [5, 5.41) is 12.3. The van der Waals surface area contributed by atoms with Crippen molar-refractivity contribution in [3.8, 4) is 0 Å². The van der Waals surface area contributed by atoms with E-state index in [-0.39, 0.29) is 13.0 Å². The van der Waals surface area contributed by atoms with E-state index in [2.05, 4.69) is 25.3 Å². The molecular formula is C10H15N5O. The SMILES string of the molecule is [2H]C([2H])([2H])C(CCNc1ncnc2nc[nH]c12)C([2H])([2H])O. The molecule has 2 aromatic heterocycles. The summed E-state index contributed by atoms with van der Waals surface area (Å²) in [5.41, 5.74) is 1.05. The lowest BCUT2D eigenvalue weighted by molar-refractivity contribution is 0.233. The highest BCUT2D eigenvalue weighted by molar-refractivity contribution is 5.81. The molecule has 0 aromatic carbocycles. The van der Waals surface area contributed by atoms with Gasteiger partial charge in [0.2, 0.25) is 0 Å². The molecule has 2 rings (SSSR count). The predicted octanol–water partition coefficient (Wildman–Crippen LogP) is 0.783. The van der Waals surface area contributed by atoms with E-state index in [9.17, 15) is 5.11 Å². The van der Waals surface area contributed by atoms with Crippen LogP contribution in [0.1, 0.15) is 20.1 Å². The first-order chi connectivity index (χ1) is 9.69. The second-order valence-corrected chi connectivity index (χ2v) is 3.22. The Kier molecular flexibility index (Phi) is 1.88. The Morgan fingerprint density at radius 2 is 2.56 bits per heavy atom. The van der Waals surface area contributed by atoms with Gasteiger partial charge in [-0.05, 0) is 12.3 Å². The Hall–Kier alpha value is -1.69. The summed E-state index contributed by atoms with van der Waals surface area (Å²) < 4.78 is 36.3. The lowest BCUT2D eigenvalue weighted by Gasteiger charge is -2.09. The number of hydrogen-bond donors (Lipinski definition) is 3. The van der Waals surface area contributed by atoms with Crippen molar-refractivity contribution >= 4 is 17.0 Å². The summed E-state index contributed by atoms with van der Waals surface area (Å²) in [7, 11) is 0. The van der Waals surface area contributed by atoms with Gasteiger partial charge >= 0.3 is 0 Å². The molecule has 0 saturated carbocycles. The molecule has 1 unspecified atom stereocenters. The minimum atomic E-state index is -2.78. The first-order valence-corrected chi connectivity index (χ1v) is 4.80. The van der Waals surface area contributed by atoms with E-state index in [1.54, 1.807) is 0 Å². The molecule has 16 heavy (non-hydrogen) atoms. The van der Waals surface area contributed by atoms with Crippen molar-refractivity contribution in [2.45, 2.75) is 13.3 Å². The van der Waals surface area contributed by atoms with Crippen LogP contribution in [0.5, 0.6) is 0 Å². The molecular weight excluding hydrogens is 206 g/mol. The molecule has 0 amide bonds. The summed E-state index contributed by atoms with van der Waals surface area (Å²) in [6.45, 7) is -5.23. The van der Waals surface area contributed by atoms with Crippen molar-refractivity contribution in [3.05, 3.63) is 12.7 Å². The number of anilines is 1. The number of aromatic amines is 1. The monoisotopic (exact) mass is 226 g/mol. The van der Waals surface area contributed by atoms with Crippen LogP contribution < -0.4 is 5.32 Å². The van der Waals surface area contributed by atoms with Gasteiger partial charge in [-0.3, -0.25) is 0 Å². The van der Waals surface area contributed by atoms with Gasteiger partial charge in [0.1, 0.15) is 11.8 Å². The molecule has 3 N–H and O–H groups in total. The average Bonchev–Trinajstić information content (AvgIpc) is 2.80. The predicted molar refractivity (Wildman–Crippen MR) is 61.0 cm³/mol. The maximum Gasteiger partial charge on any atom is 0.182 e. The van der Waals surface area contributed by atoms with E-state index in [4.69, 9.17) is 6.85 Å². The molecule has 86 valence electrons. The van der Waals surface area contributed by atoms with Crippen LogP contribution in [0.3, 0.4) is 0 Å². The van der Waals surface area contributed by atoms with Gasteiger partial charge in [0, 0.05) is 17.2 Å². The Labute approximate surface area is 100 Å². The van der Waals surface area contributed by atoms with E-state index in [0.717, 1.165) is 0 Å². The van der Waals surface area contributed by atoms with Crippen LogP contribution in [0.25, 0.3) is 11.2 Å². The van der Waals surface area contributed by atoms with Crippen LogP contribution in [0, 0.1) is 5.92 Å². The molecule has 2 heterocycles. The minimum absolute atomic E-state index is 0.0837. The van der Waals surface area contributed by atoms with Gasteiger partial charge in [0.05, 0.1) is 9.07 Å². The first kappa shape index (κ1) is 6.15. The zero-order chi connectivity index (χ0) is 15.7. The number of nitrogens with zero attached hydrogens (tertiary/aromatic N) is 3. The molecule has 6 heteroatoms. The summed E-state index contributed by atoms with van der Waals surface area (Å²) in [5.74, 6) is -1.04. The highest BCUT2D eigenvalue weighted by atomic mass is 16.3. The van der Waals surface area contributed by atoms with Crippen molar-refractivity contribution < 1.29 is 12.0 Å². The van der Waals surface area contributed by atoms with E-state index in [0.29, 0.717) is 17.0 Å². The smallest absolute Gasteiger partial charge is 0.182 e. The van der Waals surface area contributed by atoms with Crippen LogP contribution in [-0.4, -0.2) is 38.1 Å². The van der Waals surface area contributed by atoms with Crippen molar-refractivity contribution in [2.24, 2.45) is 5.92 Å². The number of fused-ring (bicyclic) bond motifs is 1. The number of aliphatic hydroxyl groups is 1. The molecule has 1 atom stereocenters. The van der Waals surface area contributed by atoms with Crippen LogP contribution in [0.15, 0.2) is 12.7 Å². The molecule has 0 aliphatic heterocycles. The first-order valence-electron chi connectivity index (χ1n) is 7.30. The second-order valence-electron chi connectivity index (χ2n) is 3.22. The van der Waals surface area contributed by atoms with E-state index < -0.39 is 19.3 Å². The van der Waals surface area contributed by atoms with Crippen LogP contribution in [-0.2, 0) is 0 Å². The zero-order valence-corrected chi connectivity index (χ0v) is 8.44. The third kappa shape index (κ3) is 2.27. The fourth-order valence-corrected chi connectivity index (χ4v) is 1.30. The van der Waals surface area contributed by atoms with Gasteiger partial charge in [-0.15, -0.1) is 0 Å². The lowest BCUT2D eigenvalue weighted by Crippen LogP contribution is -2.10. The normalized spacial score (nSPS) is 19.2. The fraction of sp³-hybridized carbons (Fsp3) is 0.500. The summed E-state index contributed by atoms with van der Waals surface area (Å²) in [6, 6.07) is 0. The Morgan fingerprint density at radius 1 is 1.62 bits per heavy atom. The fourth-order valence-electron chi connectivity index (χ4n) is 1.30. The van der Waals surface area contributed by atoms with Gasteiger partial charge in [0.25, 0.3) is 0 Å². The molecule has 0 spiro atoms. The highest BCUT2D eigenvalue weighted by Gasteiger charge is 2.05. The third-order valence-electron chi connectivity index (χ3n) is 2.10. The van der Waals surface area contributed by atoms with E-state index in [1.807, 2.05) is 0 Å². The number of imidazole rings is 1.